The first-order valence-corrected chi connectivity index (χ1v) is 7.23. The first-order valence-electron chi connectivity index (χ1n) is 7.23. The summed E-state index contributed by atoms with van der Waals surface area (Å²) >= 11 is 0. The van der Waals surface area contributed by atoms with Gasteiger partial charge in [-0.25, -0.2) is 5.48 Å². The molecule has 1 N–H and O–H groups in total. The van der Waals surface area contributed by atoms with Crippen molar-refractivity contribution in [2.24, 2.45) is 5.92 Å². The number of unbranched alkanes of at least 4 members (excludes halogenated alkanes) is 2. The first kappa shape index (κ1) is 15.7. The van der Waals surface area contributed by atoms with E-state index in [1.54, 1.807) is 0 Å². The Morgan fingerprint density at radius 1 is 1.21 bits per heavy atom. The zero-order valence-corrected chi connectivity index (χ0v) is 12.0. The number of amides is 1. The summed E-state index contributed by atoms with van der Waals surface area (Å²) in [5.74, 6) is 0.0804. The average molecular weight is 263 g/mol. The van der Waals surface area contributed by atoms with Gasteiger partial charge in [0, 0.05) is 5.92 Å². The summed E-state index contributed by atoms with van der Waals surface area (Å²) in [5, 5.41) is 0. The molecule has 0 spiro atoms. The summed E-state index contributed by atoms with van der Waals surface area (Å²) in [5.41, 5.74) is 3.63. The van der Waals surface area contributed by atoms with Gasteiger partial charge in [0.1, 0.15) is 0 Å². The third-order valence-corrected chi connectivity index (χ3v) is 3.27. The van der Waals surface area contributed by atoms with Crippen molar-refractivity contribution < 1.29 is 9.63 Å². The van der Waals surface area contributed by atoms with Crippen LogP contribution < -0.4 is 5.48 Å². The largest absolute Gasteiger partial charge is 0.273 e. The van der Waals surface area contributed by atoms with Gasteiger partial charge in [0.25, 0.3) is 0 Å². The van der Waals surface area contributed by atoms with E-state index < -0.39 is 0 Å². The molecule has 0 heterocycles. The van der Waals surface area contributed by atoms with Gasteiger partial charge >= 0.3 is 0 Å². The second-order valence-electron chi connectivity index (χ2n) is 4.84. The highest BCUT2D eigenvalue weighted by Gasteiger charge is 2.15. The van der Waals surface area contributed by atoms with Gasteiger partial charge in [0.2, 0.25) is 5.91 Å². The van der Waals surface area contributed by atoms with Crippen LogP contribution in [0.15, 0.2) is 30.3 Å². The minimum absolute atomic E-state index is 0.00883. The number of hydrogen-bond donors (Lipinski definition) is 1. The highest BCUT2D eigenvalue weighted by molar-refractivity contribution is 5.77. The summed E-state index contributed by atoms with van der Waals surface area (Å²) in [6.45, 7) is 4.63. The van der Waals surface area contributed by atoms with Crippen molar-refractivity contribution in [3.63, 3.8) is 0 Å². The number of hydroxylamine groups is 1. The quantitative estimate of drug-likeness (QED) is 0.543. The summed E-state index contributed by atoms with van der Waals surface area (Å²) in [7, 11) is 0. The molecule has 19 heavy (non-hydrogen) atoms. The summed E-state index contributed by atoms with van der Waals surface area (Å²) in [6.07, 6.45) is 5.30. The van der Waals surface area contributed by atoms with Crippen LogP contribution in [0.3, 0.4) is 0 Å². The Bertz CT molecular complexity index is 351. The van der Waals surface area contributed by atoms with Crippen LogP contribution in [0.1, 0.15) is 51.5 Å². The highest BCUT2D eigenvalue weighted by atomic mass is 16.6. The molecular formula is C16H25NO2. The van der Waals surface area contributed by atoms with Crippen LogP contribution >= 0.6 is 0 Å². The van der Waals surface area contributed by atoms with Gasteiger partial charge in [-0.2, -0.15) is 0 Å². The summed E-state index contributed by atoms with van der Waals surface area (Å²) in [4.78, 5) is 17.2. The van der Waals surface area contributed by atoms with Crippen LogP contribution in [-0.4, -0.2) is 5.91 Å². The van der Waals surface area contributed by atoms with E-state index >= 15 is 0 Å². The lowest BCUT2D eigenvalue weighted by Gasteiger charge is -2.14. The van der Waals surface area contributed by atoms with E-state index in [-0.39, 0.29) is 11.8 Å². The molecule has 0 bridgehead atoms. The van der Waals surface area contributed by atoms with Crippen LogP contribution in [-0.2, 0) is 16.2 Å². The first-order chi connectivity index (χ1) is 9.27. The van der Waals surface area contributed by atoms with E-state index in [1.807, 2.05) is 37.3 Å². The van der Waals surface area contributed by atoms with Crippen molar-refractivity contribution in [2.75, 3.05) is 0 Å². The Morgan fingerprint density at radius 2 is 1.95 bits per heavy atom. The Labute approximate surface area is 116 Å². The molecule has 1 amide bonds. The van der Waals surface area contributed by atoms with Gasteiger partial charge < -0.3 is 0 Å². The Kier molecular flexibility index (Phi) is 7.91. The fraction of sp³-hybridized carbons (Fsp3) is 0.562. The topological polar surface area (TPSA) is 38.3 Å². The van der Waals surface area contributed by atoms with Gasteiger partial charge in [0.05, 0.1) is 6.61 Å². The molecule has 1 aromatic rings. The maximum absolute atomic E-state index is 11.9. The SMILES string of the molecule is CCCCCC(CC)C(=O)NOCc1ccccc1. The van der Waals surface area contributed by atoms with Gasteiger partial charge in [-0.1, -0.05) is 63.4 Å². The fourth-order valence-corrected chi connectivity index (χ4v) is 2.01. The molecule has 106 valence electrons. The van der Waals surface area contributed by atoms with Gasteiger partial charge in [-0.15, -0.1) is 0 Å². The Morgan fingerprint density at radius 3 is 2.58 bits per heavy atom. The molecule has 1 unspecified atom stereocenters. The van der Waals surface area contributed by atoms with Gasteiger partial charge in [-0.05, 0) is 18.4 Å². The van der Waals surface area contributed by atoms with Crippen molar-refractivity contribution in [2.45, 2.75) is 52.6 Å². The Hall–Kier alpha value is -1.35. The maximum Gasteiger partial charge on any atom is 0.246 e. The molecule has 0 fully saturated rings. The zero-order chi connectivity index (χ0) is 13.9. The second-order valence-corrected chi connectivity index (χ2v) is 4.84. The third kappa shape index (κ3) is 6.39. The molecule has 3 heteroatoms. The number of carbonyl (C=O) groups is 1. The normalized spacial score (nSPS) is 12.1. The number of hydrogen-bond acceptors (Lipinski definition) is 2. The summed E-state index contributed by atoms with van der Waals surface area (Å²) < 4.78 is 0. The standard InChI is InChI=1S/C16H25NO2/c1-3-5-7-12-15(4-2)16(18)17-19-13-14-10-8-6-9-11-14/h6,8-11,15H,3-5,7,12-13H2,1-2H3,(H,17,18). The fourth-order valence-electron chi connectivity index (χ4n) is 2.01. The molecule has 0 saturated carbocycles. The molecule has 1 atom stereocenters. The molecule has 1 aromatic carbocycles. The molecule has 0 aliphatic carbocycles. The molecular weight excluding hydrogens is 238 g/mol. The minimum Gasteiger partial charge on any atom is -0.273 e. The van der Waals surface area contributed by atoms with Gasteiger partial charge in [0.15, 0.2) is 0 Å². The van der Waals surface area contributed by atoms with Crippen molar-refractivity contribution in [3.05, 3.63) is 35.9 Å². The van der Waals surface area contributed by atoms with Crippen LogP contribution in [0.5, 0.6) is 0 Å². The molecule has 0 radical (unpaired) electrons. The summed E-state index contributed by atoms with van der Waals surface area (Å²) in [6, 6.07) is 9.83. The minimum atomic E-state index is 0.00883. The number of rotatable bonds is 9. The molecule has 0 saturated heterocycles. The van der Waals surface area contributed by atoms with Gasteiger partial charge in [-0.3, -0.25) is 9.63 Å². The van der Waals surface area contributed by atoms with Crippen molar-refractivity contribution in [1.29, 1.82) is 0 Å². The number of nitrogens with one attached hydrogen (secondary N) is 1. The van der Waals surface area contributed by atoms with E-state index in [0.717, 1.165) is 24.8 Å². The molecule has 0 aliphatic rings. The smallest absolute Gasteiger partial charge is 0.246 e. The zero-order valence-electron chi connectivity index (χ0n) is 12.0. The van der Waals surface area contributed by atoms with Crippen LogP contribution in [0.2, 0.25) is 0 Å². The number of benzene rings is 1. The lowest BCUT2D eigenvalue weighted by molar-refractivity contribution is -0.139. The molecule has 0 aromatic heterocycles. The Balaban J connectivity index is 2.24. The van der Waals surface area contributed by atoms with Crippen LogP contribution in [0, 0.1) is 5.92 Å². The predicted octanol–water partition coefficient (Wildman–Crippen LogP) is 3.84. The lowest BCUT2D eigenvalue weighted by atomic mass is 9.98. The lowest BCUT2D eigenvalue weighted by Crippen LogP contribution is -2.30. The monoisotopic (exact) mass is 263 g/mol. The number of carbonyl (C=O) groups excluding carboxylic acids is 1. The molecule has 0 aliphatic heterocycles. The molecule has 3 nitrogen and oxygen atoms in total. The van der Waals surface area contributed by atoms with E-state index in [4.69, 9.17) is 4.84 Å². The van der Waals surface area contributed by atoms with Crippen LogP contribution in [0.4, 0.5) is 0 Å². The van der Waals surface area contributed by atoms with E-state index in [2.05, 4.69) is 12.4 Å². The van der Waals surface area contributed by atoms with E-state index in [1.165, 1.54) is 12.8 Å². The predicted molar refractivity (Wildman–Crippen MR) is 77.3 cm³/mol. The van der Waals surface area contributed by atoms with Crippen molar-refractivity contribution >= 4 is 5.91 Å². The maximum atomic E-state index is 11.9. The molecule has 1 rings (SSSR count). The average Bonchev–Trinajstić information content (AvgIpc) is 2.44. The van der Waals surface area contributed by atoms with Crippen LogP contribution in [0.25, 0.3) is 0 Å². The second kappa shape index (κ2) is 9.56. The van der Waals surface area contributed by atoms with E-state index in [9.17, 15) is 4.79 Å². The third-order valence-electron chi connectivity index (χ3n) is 3.27. The van der Waals surface area contributed by atoms with E-state index in [0.29, 0.717) is 6.61 Å². The van der Waals surface area contributed by atoms with Crippen molar-refractivity contribution in [3.8, 4) is 0 Å². The van der Waals surface area contributed by atoms with Crippen molar-refractivity contribution in [1.82, 2.24) is 5.48 Å². The highest BCUT2D eigenvalue weighted by Crippen LogP contribution is 2.13.